The second-order valence-electron chi connectivity index (χ2n) is 8.15. The van der Waals surface area contributed by atoms with Gasteiger partial charge in [0.1, 0.15) is 11.5 Å². The number of aryl methyl sites for hydroxylation is 1. The van der Waals surface area contributed by atoms with Gasteiger partial charge in [-0.1, -0.05) is 13.8 Å². The molecule has 1 N–H and O–H groups in total. The first-order chi connectivity index (χ1) is 15.3. The number of aliphatic hydroxyl groups excluding tert-OH is 1. The average Bonchev–Trinajstić information content (AvgIpc) is 3.29. The number of nitrogens with zero attached hydrogens (tertiary/aromatic N) is 1. The number of hydrogen-bond donors (Lipinski definition) is 1. The van der Waals surface area contributed by atoms with Crippen molar-refractivity contribution in [2.24, 2.45) is 0 Å². The number of benzene rings is 1. The molecule has 0 bridgehead atoms. The third-order valence-electron chi connectivity index (χ3n) is 5.64. The number of carbonyl (C=O) groups excluding carboxylic acids is 2. The van der Waals surface area contributed by atoms with Gasteiger partial charge >= 0.3 is 0 Å². The van der Waals surface area contributed by atoms with Crippen LogP contribution in [0.5, 0.6) is 5.75 Å². The Morgan fingerprint density at radius 3 is 2.59 bits per heavy atom. The van der Waals surface area contributed by atoms with Crippen LogP contribution in [0.2, 0.25) is 0 Å². The molecule has 1 amide bonds. The number of likely N-dealkylation sites (tertiary alicyclic amines) is 1. The second kappa shape index (κ2) is 10.3. The lowest BCUT2D eigenvalue weighted by Gasteiger charge is -2.25. The van der Waals surface area contributed by atoms with Crippen LogP contribution in [-0.2, 0) is 14.3 Å². The molecule has 0 radical (unpaired) electrons. The van der Waals surface area contributed by atoms with Gasteiger partial charge in [0.05, 0.1) is 18.2 Å². The first-order valence-electron chi connectivity index (χ1n) is 10.9. The fraction of sp³-hybridized carbons (Fsp3) is 0.440. The zero-order valence-corrected chi connectivity index (χ0v) is 20.1. The highest BCUT2D eigenvalue weighted by molar-refractivity contribution is 7.10. The number of amides is 1. The fourth-order valence-corrected chi connectivity index (χ4v) is 5.06. The lowest BCUT2D eigenvalue weighted by atomic mass is 9.94. The summed E-state index contributed by atoms with van der Waals surface area (Å²) in [6.45, 7) is 9.36. The minimum Gasteiger partial charge on any atom is -0.507 e. The summed E-state index contributed by atoms with van der Waals surface area (Å²) in [7, 11) is 1.60. The maximum atomic E-state index is 13.1. The van der Waals surface area contributed by atoms with Crippen LogP contribution >= 0.6 is 11.3 Å². The van der Waals surface area contributed by atoms with Crippen molar-refractivity contribution in [2.75, 3.05) is 26.9 Å². The summed E-state index contributed by atoms with van der Waals surface area (Å²) >= 11 is 1.48. The average molecular weight is 458 g/mol. The number of ketones is 1. The Hall–Kier alpha value is -2.64. The molecule has 3 rings (SSSR count). The van der Waals surface area contributed by atoms with Crippen molar-refractivity contribution >= 4 is 28.8 Å². The van der Waals surface area contributed by atoms with Crippen LogP contribution in [-0.4, -0.2) is 48.6 Å². The summed E-state index contributed by atoms with van der Waals surface area (Å²) in [6, 6.07) is 6.75. The Morgan fingerprint density at radius 1 is 1.25 bits per heavy atom. The van der Waals surface area contributed by atoms with Gasteiger partial charge in [0.25, 0.3) is 11.7 Å². The van der Waals surface area contributed by atoms with E-state index in [-0.39, 0.29) is 17.3 Å². The predicted octanol–water partition coefficient (Wildman–Crippen LogP) is 5.04. The van der Waals surface area contributed by atoms with E-state index in [1.54, 1.807) is 18.1 Å². The van der Waals surface area contributed by atoms with Crippen LogP contribution < -0.4 is 4.74 Å². The highest BCUT2D eigenvalue weighted by Crippen LogP contribution is 2.43. The number of rotatable bonds is 9. The quantitative estimate of drug-likeness (QED) is 0.247. The molecule has 1 fully saturated rings. The van der Waals surface area contributed by atoms with Gasteiger partial charge in [-0.15, -0.1) is 11.3 Å². The first-order valence-corrected chi connectivity index (χ1v) is 11.8. The molecular weight excluding hydrogens is 426 g/mol. The lowest BCUT2D eigenvalue weighted by molar-refractivity contribution is -0.140. The number of carbonyl (C=O) groups is 2. The summed E-state index contributed by atoms with van der Waals surface area (Å²) in [5.41, 5.74) is 2.57. The largest absolute Gasteiger partial charge is 0.507 e. The molecule has 2 aromatic rings. The molecule has 2 heterocycles. The van der Waals surface area contributed by atoms with E-state index in [2.05, 4.69) is 0 Å². The van der Waals surface area contributed by atoms with E-state index in [0.29, 0.717) is 31.7 Å². The van der Waals surface area contributed by atoms with E-state index in [1.807, 2.05) is 51.3 Å². The SMILES string of the molecule is CCOc1ccc(/C(O)=C2/C(=O)C(=O)N(CCCOC)C2c2sccc2C)cc1C(C)C. The molecule has 7 heteroatoms. The maximum Gasteiger partial charge on any atom is 0.295 e. The number of hydrogen-bond acceptors (Lipinski definition) is 6. The van der Waals surface area contributed by atoms with Crippen molar-refractivity contribution in [2.45, 2.75) is 46.1 Å². The highest BCUT2D eigenvalue weighted by atomic mass is 32.1. The number of aliphatic hydroxyl groups is 1. The third kappa shape index (κ3) is 4.59. The van der Waals surface area contributed by atoms with E-state index < -0.39 is 17.7 Å². The van der Waals surface area contributed by atoms with Crippen LogP contribution in [0.3, 0.4) is 0 Å². The molecule has 1 unspecified atom stereocenters. The van der Waals surface area contributed by atoms with E-state index in [9.17, 15) is 14.7 Å². The van der Waals surface area contributed by atoms with E-state index >= 15 is 0 Å². The Morgan fingerprint density at radius 2 is 2.00 bits per heavy atom. The highest BCUT2D eigenvalue weighted by Gasteiger charge is 2.46. The van der Waals surface area contributed by atoms with Crippen molar-refractivity contribution in [1.29, 1.82) is 0 Å². The van der Waals surface area contributed by atoms with Crippen LogP contribution in [0.15, 0.2) is 35.2 Å². The zero-order valence-electron chi connectivity index (χ0n) is 19.3. The van der Waals surface area contributed by atoms with Crippen LogP contribution in [0.25, 0.3) is 5.76 Å². The summed E-state index contributed by atoms with van der Waals surface area (Å²) < 4.78 is 10.9. The number of thiophene rings is 1. The maximum absolute atomic E-state index is 13.1. The smallest absolute Gasteiger partial charge is 0.295 e. The molecule has 172 valence electrons. The first kappa shape index (κ1) is 24.0. The summed E-state index contributed by atoms with van der Waals surface area (Å²) in [6.07, 6.45) is 0.602. The molecule has 1 atom stereocenters. The molecule has 32 heavy (non-hydrogen) atoms. The Balaban J connectivity index is 2.14. The molecule has 0 saturated carbocycles. The lowest BCUT2D eigenvalue weighted by Crippen LogP contribution is -2.31. The number of ether oxygens (including phenoxy) is 2. The molecule has 0 aliphatic carbocycles. The molecule has 1 aliphatic rings. The monoisotopic (exact) mass is 457 g/mol. The zero-order chi connectivity index (χ0) is 23.4. The normalized spacial score (nSPS) is 18.1. The van der Waals surface area contributed by atoms with Crippen molar-refractivity contribution in [3.8, 4) is 5.75 Å². The van der Waals surface area contributed by atoms with Gasteiger partial charge in [-0.05, 0) is 67.0 Å². The van der Waals surface area contributed by atoms with Gasteiger partial charge in [0.2, 0.25) is 0 Å². The topological polar surface area (TPSA) is 76.1 Å². The van der Waals surface area contributed by atoms with Crippen LogP contribution in [0.1, 0.15) is 60.7 Å². The van der Waals surface area contributed by atoms with Gasteiger partial charge in [-0.2, -0.15) is 0 Å². The number of Topliss-reactive ketones (excluding diaryl/α,β-unsaturated/α-hetero) is 1. The minimum absolute atomic E-state index is 0.136. The summed E-state index contributed by atoms with van der Waals surface area (Å²) in [5, 5.41) is 13.2. The van der Waals surface area contributed by atoms with Gasteiger partial charge in [0, 0.05) is 30.7 Å². The van der Waals surface area contributed by atoms with Crippen LogP contribution in [0, 0.1) is 6.92 Å². The molecule has 6 nitrogen and oxygen atoms in total. The molecule has 1 aromatic heterocycles. The third-order valence-corrected chi connectivity index (χ3v) is 6.71. The Labute approximate surface area is 193 Å². The van der Waals surface area contributed by atoms with Gasteiger partial charge in [0.15, 0.2) is 0 Å². The molecule has 0 spiro atoms. The second-order valence-corrected chi connectivity index (χ2v) is 9.09. The Kier molecular flexibility index (Phi) is 7.74. The molecule has 1 aromatic carbocycles. The van der Waals surface area contributed by atoms with E-state index in [1.165, 1.54) is 11.3 Å². The fourth-order valence-electron chi connectivity index (χ4n) is 4.02. The van der Waals surface area contributed by atoms with E-state index in [0.717, 1.165) is 21.8 Å². The summed E-state index contributed by atoms with van der Waals surface area (Å²) in [5.74, 6) is -0.477. The Bertz CT molecular complexity index is 1020. The van der Waals surface area contributed by atoms with Crippen molar-refractivity contribution in [1.82, 2.24) is 4.90 Å². The minimum atomic E-state index is -0.655. The van der Waals surface area contributed by atoms with Gasteiger partial charge < -0.3 is 19.5 Å². The van der Waals surface area contributed by atoms with E-state index in [4.69, 9.17) is 9.47 Å². The van der Waals surface area contributed by atoms with Crippen molar-refractivity contribution < 1.29 is 24.2 Å². The van der Waals surface area contributed by atoms with Crippen molar-refractivity contribution in [3.63, 3.8) is 0 Å². The van der Waals surface area contributed by atoms with Crippen molar-refractivity contribution in [3.05, 3.63) is 56.8 Å². The van der Waals surface area contributed by atoms with Crippen LogP contribution in [0.4, 0.5) is 0 Å². The van der Waals surface area contributed by atoms with Gasteiger partial charge in [-0.25, -0.2) is 0 Å². The standard InChI is InChI=1S/C25H31NO5S/c1-6-31-19-9-8-17(14-18(19)15(2)3)22(27)20-21(24-16(4)10-13-32-24)26(11-7-12-30-5)25(29)23(20)28/h8-10,13-15,21,27H,6-7,11-12H2,1-5H3/b22-20-. The predicted molar refractivity (Wildman–Crippen MR) is 126 cm³/mol. The van der Waals surface area contributed by atoms with Gasteiger partial charge in [-0.3, -0.25) is 9.59 Å². The summed E-state index contributed by atoms with van der Waals surface area (Å²) in [4.78, 5) is 28.5. The molecular formula is C25H31NO5S. The molecule has 1 aliphatic heterocycles. The number of methoxy groups -OCH3 is 1. The molecule has 1 saturated heterocycles.